The number of rotatable bonds is 4. The maximum atomic E-state index is 10.5. The van der Waals surface area contributed by atoms with Crippen LogP contribution >= 0.6 is 11.3 Å². The van der Waals surface area contributed by atoms with Crippen LogP contribution in [-0.2, 0) is 6.54 Å². The summed E-state index contributed by atoms with van der Waals surface area (Å²) in [4.78, 5) is 19.4. The molecule has 2 aromatic heterocycles. The molecule has 0 bridgehead atoms. The van der Waals surface area contributed by atoms with Crippen molar-refractivity contribution >= 4 is 22.8 Å². The Kier molecular flexibility index (Phi) is 3.26. The van der Waals surface area contributed by atoms with E-state index in [1.165, 1.54) is 11.3 Å². The normalized spacial score (nSPS) is 10.1. The van der Waals surface area contributed by atoms with Crippen molar-refractivity contribution in [1.29, 1.82) is 0 Å². The number of thiazole rings is 1. The summed E-state index contributed by atoms with van der Waals surface area (Å²) < 4.78 is 0. The minimum Gasteiger partial charge on any atom is -0.357 e. The average Bonchev–Trinajstić information content (AvgIpc) is 2.76. The Morgan fingerprint density at radius 1 is 1.38 bits per heavy atom. The third-order valence-corrected chi connectivity index (χ3v) is 2.94. The van der Waals surface area contributed by atoms with Gasteiger partial charge in [0.2, 0.25) is 0 Å². The molecule has 0 spiro atoms. The van der Waals surface area contributed by atoms with E-state index in [1.807, 2.05) is 25.3 Å². The van der Waals surface area contributed by atoms with Gasteiger partial charge in [0.1, 0.15) is 0 Å². The summed E-state index contributed by atoms with van der Waals surface area (Å²) in [7, 11) is 0. The van der Waals surface area contributed by atoms with Crippen molar-refractivity contribution in [3.05, 3.63) is 40.7 Å². The molecule has 5 heteroatoms. The first kappa shape index (κ1) is 10.8. The van der Waals surface area contributed by atoms with E-state index in [0.717, 1.165) is 22.7 Å². The lowest BCUT2D eigenvalue weighted by Crippen LogP contribution is -1.99. The Bertz CT molecular complexity index is 478. The van der Waals surface area contributed by atoms with Crippen LogP contribution in [0.1, 0.15) is 20.9 Å². The molecule has 0 radical (unpaired) electrons. The Morgan fingerprint density at radius 3 is 2.88 bits per heavy atom. The standard InChI is InChI=1S/C11H11N3OS/c1-8-2-3-9(4-12-8)5-13-11-14-6-10(7-15)16-11/h2-4,6-7H,5H2,1H3,(H,13,14). The highest BCUT2D eigenvalue weighted by atomic mass is 32.1. The van der Waals surface area contributed by atoms with Gasteiger partial charge in [-0.1, -0.05) is 17.4 Å². The van der Waals surface area contributed by atoms with E-state index in [2.05, 4.69) is 15.3 Å². The number of aldehydes is 1. The van der Waals surface area contributed by atoms with Crippen LogP contribution in [0.25, 0.3) is 0 Å². The SMILES string of the molecule is Cc1ccc(CNc2ncc(C=O)s2)cn1. The van der Waals surface area contributed by atoms with Gasteiger partial charge in [0.05, 0.1) is 11.1 Å². The fraction of sp³-hybridized carbons (Fsp3) is 0.182. The average molecular weight is 233 g/mol. The van der Waals surface area contributed by atoms with E-state index in [9.17, 15) is 4.79 Å². The van der Waals surface area contributed by atoms with Crippen molar-refractivity contribution in [2.45, 2.75) is 13.5 Å². The van der Waals surface area contributed by atoms with E-state index >= 15 is 0 Å². The van der Waals surface area contributed by atoms with Crippen LogP contribution in [0.5, 0.6) is 0 Å². The first-order chi connectivity index (χ1) is 7.78. The molecule has 0 aliphatic heterocycles. The van der Waals surface area contributed by atoms with Crippen LogP contribution in [0, 0.1) is 6.92 Å². The summed E-state index contributed by atoms with van der Waals surface area (Å²) in [6, 6.07) is 3.99. The number of pyridine rings is 1. The van der Waals surface area contributed by atoms with Gasteiger partial charge in [-0.05, 0) is 18.6 Å². The van der Waals surface area contributed by atoms with Crippen molar-refractivity contribution in [3.63, 3.8) is 0 Å². The molecule has 0 saturated carbocycles. The molecular weight excluding hydrogens is 222 g/mol. The summed E-state index contributed by atoms with van der Waals surface area (Å²) >= 11 is 1.34. The van der Waals surface area contributed by atoms with Gasteiger partial charge in [-0.15, -0.1) is 0 Å². The van der Waals surface area contributed by atoms with Gasteiger partial charge in [0.25, 0.3) is 0 Å². The lowest BCUT2D eigenvalue weighted by molar-refractivity contribution is 0.112. The molecule has 4 nitrogen and oxygen atoms in total. The topological polar surface area (TPSA) is 54.9 Å². The van der Waals surface area contributed by atoms with Crippen molar-refractivity contribution in [1.82, 2.24) is 9.97 Å². The van der Waals surface area contributed by atoms with E-state index in [-0.39, 0.29) is 0 Å². The maximum Gasteiger partial charge on any atom is 0.183 e. The predicted octanol–water partition coefficient (Wildman–Crippen LogP) is 2.27. The van der Waals surface area contributed by atoms with Gasteiger partial charge in [-0.3, -0.25) is 9.78 Å². The molecule has 16 heavy (non-hydrogen) atoms. The lowest BCUT2D eigenvalue weighted by atomic mass is 10.2. The summed E-state index contributed by atoms with van der Waals surface area (Å²) in [5, 5.41) is 3.90. The second-order valence-electron chi connectivity index (χ2n) is 3.35. The van der Waals surface area contributed by atoms with Gasteiger partial charge in [0, 0.05) is 18.4 Å². The highest BCUT2D eigenvalue weighted by Gasteiger charge is 2.00. The van der Waals surface area contributed by atoms with Gasteiger partial charge >= 0.3 is 0 Å². The van der Waals surface area contributed by atoms with Crippen LogP contribution in [0.15, 0.2) is 24.5 Å². The van der Waals surface area contributed by atoms with Gasteiger partial charge in [0.15, 0.2) is 11.4 Å². The number of hydrogen-bond donors (Lipinski definition) is 1. The van der Waals surface area contributed by atoms with Crippen LogP contribution in [0.3, 0.4) is 0 Å². The molecule has 0 amide bonds. The van der Waals surface area contributed by atoms with E-state index in [0.29, 0.717) is 11.4 Å². The minimum atomic E-state index is 0.629. The van der Waals surface area contributed by atoms with E-state index in [4.69, 9.17) is 0 Å². The summed E-state index contributed by atoms with van der Waals surface area (Å²) in [5.41, 5.74) is 2.09. The van der Waals surface area contributed by atoms with Crippen molar-refractivity contribution in [2.75, 3.05) is 5.32 Å². The first-order valence-corrected chi connectivity index (χ1v) is 5.66. The monoisotopic (exact) mass is 233 g/mol. The highest BCUT2D eigenvalue weighted by molar-refractivity contribution is 7.17. The Morgan fingerprint density at radius 2 is 2.25 bits per heavy atom. The zero-order valence-electron chi connectivity index (χ0n) is 8.80. The molecule has 2 aromatic rings. The van der Waals surface area contributed by atoms with Crippen molar-refractivity contribution in [2.24, 2.45) is 0 Å². The lowest BCUT2D eigenvalue weighted by Gasteiger charge is -2.02. The molecule has 2 heterocycles. The van der Waals surface area contributed by atoms with E-state index in [1.54, 1.807) is 6.20 Å². The number of nitrogens with zero attached hydrogens (tertiary/aromatic N) is 2. The zero-order chi connectivity index (χ0) is 11.4. The zero-order valence-corrected chi connectivity index (χ0v) is 9.62. The molecule has 0 atom stereocenters. The molecular formula is C11H11N3OS. The summed E-state index contributed by atoms with van der Waals surface area (Å²) in [5.74, 6) is 0. The predicted molar refractivity (Wildman–Crippen MR) is 63.8 cm³/mol. The van der Waals surface area contributed by atoms with Crippen LogP contribution in [0.4, 0.5) is 5.13 Å². The summed E-state index contributed by atoms with van der Waals surface area (Å²) in [6.07, 6.45) is 4.19. The van der Waals surface area contributed by atoms with Crippen molar-refractivity contribution in [3.8, 4) is 0 Å². The van der Waals surface area contributed by atoms with E-state index < -0.39 is 0 Å². The molecule has 82 valence electrons. The molecule has 0 fully saturated rings. The Hall–Kier alpha value is -1.75. The number of nitrogens with one attached hydrogen (secondary N) is 1. The van der Waals surface area contributed by atoms with Crippen LogP contribution in [0.2, 0.25) is 0 Å². The molecule has 0 aliphatic carbocycles. The minimum absolute atomic E-state index is 0.629. The van der Waals surface area contributed by atoms with Gasteiger partial charge in [-0.25, -0.2) is 4.98 Å². The maximum absolute atomic E-state index is 10.5. The third-order valence-electron chi connectivity index (χ3n) is 2.06. The number of aromatic nitrogens is 2. The smallest absolute Gasteiger partial charge is 0.183 e. The molecule has 0 aromatic carbocycles. The number of carbonyl (C=O) groups is 1. The second-order valence-corrected chi connectivity index (χ2v) is 4.41. The molecule has 0 unspecified atom stereocenters. The van der Waals surface area contributed by atoms with Crippen LogP contribution in [-0.4, -0.2) is 16.3 Å². The molecule has 2 rings (SSSR count). The quantitative estimate of drug-likeness (QED) is 0.823. The number of carbonyl (C=O) groups excluding carboxylic acids is 1. The number of hydrogen-bond acceptors (Lipinski definition) is 5. The Labute approximate surface area is 97.4 Å². The molecule has 1 N–H and O–H groups in total. The molecule has 0 saturated heterocycles. The van der Waals surface area contributed by atoms with Gasteiger partial charge in [-0.2, -0.15) is 0 Å². The number of aryl methyl sites for hydroxylation is 1. The highest BCUT2D eigenvalue weighted by Crippen LogP contribution is 2.16. The van der Waals surface area contributed by atoms with Crippen LogP contribution < -0.4 is 5.32 Å². The van der Waals surface area contributed by atoms with Crippen molar-refractivity contribution < 1.29 is 4.79 Å². The summed E-state index contributed by atoms with van der Waals surface area (Å²) in [6.45, 7) is 2.62. The fourth-order valence-electron chi connectivity index (χ4n) is 1.20. The van der Waals surface area contributed by atoms with Gasteiger partial charge < -0.3 is 5.32 Å². The third kappa shape index (κ3) is 2.64. The fourth-order valence-corrected chi connectivity index (χ4v) is 1.83. The largest absolute Gasteiger partial charge is 0.357 e. The number of anilines is 1. The second kappa shape index (κ2) is 4.85. The Balaban J connectivity index is 1.96. The molecule has 0 aliphatic rings. The first-order valence-electron chi connectivity index (χ1n) is 4.84.